The maximum atomic E-state index is 12.2. The molecule has 9 nitrogen and oxygen atoms in total. The number of benzene rings is 1. The standard InChI is InChI=1S/C16H19N5O4S/c22-15(17-11-3-4-13-14(8-11)25-7-6-24-13)10-26-16-18-19-20-21(16)9-12-2-1-5-23-12/h3-4,8,12H,1-2,5-7,9-10H2,(H,17,22)/t12-/m0/s1. The number of thioether (sulfide) groups is 1. The zero-order chi connectivity index (χ0) is 17.8. The van der Waals surface area contributed by atoms with Crippen LogP contribution in [0.15, 0.2) is 23.4 Å². The minimum absolute atomic E-state index is 0.140. The van der Waals surface area contributed by atoms with Crippen LogP contribution in [0, 0.1) is 0 Å². The highest BCUT2D eigenvalue weighted by molar-refractivity contribution is 7.99. The van der Waals surface area contributed by atoms with Gasteiger partial charge in [-0.3, -0.25) is 4.79 Å². The maximum absolute atomic E-state index is 12.2. The van der Waals surface area contributed by atoms with Crippen molar-refractivity contribution in [3.8, 4) is 11.5 Å². The van der Waals surface area contributed by atoms with Crippen molar-refractivity contribution in [1.82, 2.24) is 20.2 Å². The number of nitrogens with one attached hydrogen (secondary N) is 1. The second-order valence-corrected chi connectivity index (χ2v) is 6.92. The van der Waals surface area contributed by atoms with Crippen molar-refractivity contribution in [2.75, 3.05) is 30.9 Å². The number of carbonyl (C=O) groups is 1. The third-order valence-electron chi connectivity index (χ3n) is 4.06. The molecule has 0 unspecified atom stereocenters. The van der Waals surface area contributed by atoms with Gasteiger partial charge < -0.3 is 19.5 Å². The van der Waals surface area contributed by atoms with E-state index in [1.165, 1.54) is 11.8 Å². The first-order chi connectivity index (χ1) is 12.8. The molecule has 138 valence electrons. The van der Waals surface area contributed by atoms with Crippen molar-refractivity contribution in [1.29, 1.82) is 0 Å². The zero-order valence-electron chi connectivity index (χ0n) is 14.1. The summed E-state index contributed by atoms with van der Waals surface area (Å²) in [6.07, 6.45) is 2.21. The lowest BCUT2D eigenvalue weighted by Crippen LogP contribution is -2.18. The van der Waals surface area contributed by atoms with Gasteiger partial charge in [-0.25, -0.2) is 4.68 Å². The van der Waals surface area contributed by atoms with Crippen LogP contribution < -0.4 is 14.8 Å². The third kappa shape index (κ3) is 4.07. The number of ether oxygens (including phenoxy) is 3. The molecule has 1 N–H and O–H groups in total. The summed E-state index contributed by atoms with van der Waals surface area (Å²) in [6.45, 7) is 2.44. The molecule has 2 aromatic rings. The van der Waals surface area contributed by atoms with Gasteiger partial charge in [-0.2, -0.15) is 0 Å². The summed E-state index contributed by atoms with van der Waals surface area (Å²) in [5.41, 5.74) is 0.666. The van der Waals surface area contributed by atoms with Gasteiger partial charge in [-0.1, -0.05) is 11.8 Å². The molecule has 0 bridgehead atoms. The van der Waals surface area contributed by atoms with Crippen molar-refractivity contribution in [3.63, 3.8) is 0 Å². The van der Waals surface area contributed by atoms with Gasteiger partial charge in [0.15, 0.2) is 11.5 Å². The highest BCUT2D eigenvalue weighted by Gasteiger charge is 2.19. The molecule has 26 heavy (non-hydrogen) atoms. The van der Waals surface area contributed by atoms with E-state index in [1.807, 2.05) is 0 Å². The van der Waals surface area contributed by atoms with E-state index in [2.05, 4.69) is 20.8 Å². The van der Waals surface area contributed by atoms with E-state index >= 15 is 0 Å². The number of rotatable bonds is 6. The molecule has 1 saturated heterocycles. The van der Waals surface area contributed by atoms with Crippen molar-refractivity contribution < 1.29 is 19.0 Å². The van der Waals surface area contributed by atoms with Crippen molar-refractivity contribution >= 4 is 23.4 Å². The number of tetrazole rings is 1. The quantitative estimate of drug-likeness (QED) is 0.753. The van der Waals surface area contributed by atoms with Gasteiger partial charge in [-0.05, 0) is 35.4 Å². The summed E-state index contributed by atoms with van der Waals surface area (Å²) in [6, 6.07) is 5.34. The summed E-state index contributed by atoms with van der Waals surface area (Å²) in [5.74, 6) is 1.40. The Morgan fingerprint density at radius 1 is 1.27 bits per heavy atom. The topological polar surface area (TPSA) is 100 Å². The van der Waals surface area contributed by atoms with Crippen LogP contribution in [0.25, 0.3) is 0 Å². The Hall–Kier alpha value is -2.33. The van der Waals surface area contributed by atoms with E-state index < -0.39 is 0 Å². The lowest BCUT2D eigenvalue weighted by atomic mass is 10.2. The summed E-state index contributed by atoms with van der Waals surface area (Å²) in [7, 11) is 0. The first kappa shape index (κ1) is 17.1. The first-order valence-electron chi connectivity index (χ1n) is 8.48. The zero-order valence-corrected chi connectivity index (χ0v) is 14.9. The van der Waals surface area contributed by atoms with E-state index in [1.54, 1.807) is 22.9 Å². The molecule has 1 atom stereocenters. The molecule has 0 aliphatic carbocycles. The number of hydrogen-bond donors (Lipinski definition) is 1. The fraction of sp³-hybridized carbons (Fsp3) is 0.500. The molecule has 1 aromatic heterocycles. The molecular weight excluding hydrogens is 358 g/mol. The SMILES string of the molecule is O=C(CSc1nnnn1C[C@@H]1CCCO1)Nc1ccc2c(c1)OCCO2. The molecule has 3 heterocycles. The lowest BCUT2D eigenvalue weighted by molar-refractivity contribution is -0.113. The molecule has 10 heteroatoms. The summed E-state index contributed by atoms with van der Waals surface area (Å²) >= 11 is 1.30. The second-order valence-electron chi connectivity index (χ2n) is 5.97. The molecule has 1 fully saturated rings. The first-order valence-corrected chi connectivity index (χ1v) is 9.46. The fourth-order valence-corrected chi connectivity index (χ4v) is 3.53. The fourth-order valence-electron chi connectivity index (χ4n) is 2.84. The molecular formula is C16H19N5O4S. The van der Waals surface area contributed by atoms with Crippen LogP contribution in [0.2, 0.25) is 0 Å². The van der Waals surface area contributed by atoms with Crippen LogP contribution in [0.3, 0.4) is 0 Å². The number of amides is 1. The molecule has 0 radical (unpaired) electrons. The minimum Gasteiger partial charge on any atom is -0.486 e. The number of anilines is 1. The van der Waals surface area contributed by atoms with E-state index in [9.17, 15) is 4.79 Å². The Morgan fingerprint density at radius 2 is 2.15 bits per heavy atom. The van der Waals surface area contributed by atoms with Crippen LogP contribution >= 0.6 is 11.8 Å². The Bertz CT molecular complexity index is 778. The molecule has 4 rings (SSSR count). The summed E-state index contributed by atoms with van der Waals surface area (Å²) < 4.78 is 18.3. The van der Waals surface area contributed by atoms with Gasteiger partial charge in [0, 0.05) is 18.4 Å². The second kappa shape index (κ2) is 7.92. The van der Waals surface area contributed by atoms with Crippen LogP contribution in [-0.2, 0) is 16.1 Å². The van der Waals surface area contributed by atoms with Crippen molar-refractivity contribution in [2.45, 2.75) is 30.6 Å². The van der Waals surface area contributed by atoms with Gasteiger partial charge >= 0.3 is 0 Å². The lowest BCUT2D eigenvalue weighted by Gasteiger charge is -2.19. The Labute approximate surface area is 154 Å². The molecule has 0 spiro atoms. The van der Waals surface area contributed by atoms with Gasteiger partial charge in [0.2, 0.25) is 11.1 Å². The van der Waals surface area contributed by atoms with Crippen LogP contribution in [0.4, 0.5) is 5.69 Å². The van der Waals surface area contributed by atoms with Gasteiger partial charge in [-0.15, -0.1) is 5.10 Å². The Morgan fingerprint density at radius 3 is 3.00 bits per heavy atom. The van der Waals surface area contributed by atoms with Crippen LogP contribution in [0.1, 0.15) is 12.8 Å². The average molecular weight is 377 g/mol. The Balaban J connectivity index is 1.31. The number of fused-ring (bicyclic) bond motifs is 1. The predicted molar refractivity (Wildman–Crippen MR) is 93.6 cm³/mol. The summed E-state index contributed by atoms with van der Waals surface area (Å²) in [5, 5.41) is 15.1. The molecule has 1 amide bonds. The van der Waals surface area contributed by atoms with Crippen LogP contribution in [0.5, 0.6) is 11.5 Å². The molecule has 1 aromatic carbocycles. The predicted octanol–water partition coefficient (Wildman–Crippen LogP) is 1.35. The maximum Gasteiger partial charge on any atom is 0.234 e. The highest BCUT2D eigenvalue weighted by atomic mass is 32.2. The summed E-state index contributed by atoms with van der Waals surface area (Å²) in [4.78, 5) is 12.2. The minimum atomic E-state index is -0.140. The number of aromatic nitrogens is 4. The van der Waals surface area contributed by atoms with Crippen molar-refractivity contribution in [2.24, 2.45) is 0 Å². The van der Waals surface area contributed by atoms with Gasteiger partial charge in [0.1, 0.15) is 13.2 Å². The normalized spacial score (nSPS) is 18.7. The van der Waals surface area contributed by atoms with E-state index in [0.29, 0.717) is 42.1 Å². The number of nitrogens with zero attached hydrogens (tertiary/aromatic N) is 4. The van der Waals surface area contributed by atoms with Crippen molar-refractivity contribution in [3.05, 3.63) is 18.2 Å². The van der Waals surface area contributed by atoms with E-state index in [-0.39, 0.29) is 17.8 Å². The molecule has 0 saturated carbocycles. The van der Waals surface area contributed by atoms with Crippen LogP contribution in [-0.4, -0.2) is 57.8 Å². The van der Waals surface area contributed by atoms with Gasteiger partial charge in [0.25, 0.3) is 0 Å². The largest absolute Gasteiger partial charge is 0.486 e. The third-order valence-corrected chi connectivity index (χ3v) is 5.02. The average Bonchev–Trinajstić information content (AvgIpc) is 3.32. The number of hydrogen-bond acceptors (Lipinski definition) is 8. The van der Waals surface area contributed by atoms with E-state index in [0.717, 1.165) is 19.4 Å². The molecule has 2 aliphatic heterocycles. The number of carbonyl (C=O) groups excluding carboxylic acids is 1. The highest BCUT2D eigenvalue weighted by Crippen LogP contribution is 2.32. The molecule has 2 aliphatic rings. The Kier molecular flexibility index (Phi) is 5.21. The van der Waals surface area contributed by atoms with Gasteiger partial charge in [0.05, 0.1) is 18.4 Å². The van der Waals surface area contributed by atoms with E-state index in [4.69, 9.17) is 14.2 Å². The monoisotopic (exact) mass is 377 g/mol. The smallest absolute Gasteiger partial charge is 0.234 e.